The normalized spacial score (nSPS) is 23.3. The molecule has 2 nitrogen and oxygen atoms in total. The Morgan fingerprint density at radius 1 is 1.31 bits per heavy atom. The average molecular weight is 185 g/mol. The third-order valence-corrected chi connectivity index (χ3v) is 3.16. The SMILES string of the molecule is CCC[C@H](N)C1(OCC)CCCC1. The minimum absolute atomic E-state index is 0.0325. The predicted octanol–water partition coefficient (Wildman–Crippen LogP) is 2.46. The lowest BCUT2D eigenvalue weighted by atomic mass is 9.89. The van der Waals surface area contributed by atoms with Crippen LogP contribution in [0.3, 0.4) is 0 Å². The Balaban J connectivity index is 2.54. The molecular weight excluding hydrogens is 162 g/mol. The topological polar surface area (TPSA) is 35.2 Å². The van der Waals surface area contributed by atoms with Crippen molar-refractivity contribution in [2.24, 2.45) is 5.73 Å². The van der Waals surface area contributed by atoms with Crippen LogP contribution in [-0.2, 0) is 4.74 Å². The number of nitrogens with two attached hydrogens (primary N) is 1. The van der Waals surface area contributed by atoms with Crippen LogP contribution in [0.1, 0.15) is 52.4 Å². The van der Waals surface area contributed by atoms with E-state index in [1.807, 2.05) is 0 Å². The highest BCUT2D eigenvalue weighted by molar-refractivity contribution is 4.95. The van der Waals surface area contributed by atoms with E-state index < -0.39 is 0 Å². The van der Waals surface area contributed by atoms with Crippen molar-refractivity contribution in [3.8, 4) is 0 Å². The lowest BCUT2D eigenvalue weighted by molar-refractivity contribution is -0.0543. The van der Waals surface area contributed by atoms with E-state index in [1.165, 1.54) is 25.7 Å². The van der Waals surface area contributed by atoms with Crippen LogP contribution in [-0.4, -0.2) is 18.2 Å². The zero-order valence-electron chi connectivity index (χ0n) is 9.01. The van der Waals surface area contributed by atoms with Crippen molar-refractivity contribution in [1.29, 1.82) is 0 Å². The quantitative estimate of drug-likeness (QED) is 0.714. The maximum Gasteiger partial charge on any atom is 0.0832 e. The van der Waals surface area contributed by atoms with Gasteiger partial charge in [0.2, 0.25) is 0 Å². The van der Waals surface area contributed by atoms with Gasteiger partial charge in [-0.3, -0.25) is 0 Å². The van der Waals surface area contributed by atoms with E-state index in [-0.39, 0.29) is 11.6 Å². The molecule has 1 fully saturated rings. The van der Waals surface area contributed by atoms with Gasteiger partial charge in [0.05, 0.1) is 5.60 Å². The molecule has 0 aromatic heterocycles. The highest BCUT2D eigenvalue weighted by atomic mass is 16.5. The summed E-state index contributed by atoms with van der Waals surface area (Å²) in [6.45, 7) is 5.06. The summed E-state index contributed by atoms with van der Waals surface area (Å²) in [6.07, 6.45) is 7.18. The fourth-order valence-electron chi connectivity index (χ4n) is 2.46. The minimum atomic E-state index is 0.0325. The molecule has 2 heteroatoms. The van der Waals surface area contributed by atoms with Crippen LogP contribution < -0.4 is 5.73 Å². The molecule has 1 saturated carbocycles. The standard InChI is InChI=1S/C11H23NO/c1-3-7-10(12)11(13-4-2)8-5-6-9-11/h10H,3-9,12H2,1-2H3/t10-/m0/s1. The molecule has 0 bridgehead atoms. The monoisotopic (exact) mass is 185 g/mol. The van der Waals surface area contributed by atoms with Crippen LogP contribution in [0.5, 0.6) is 0 Å². The Hall–Kier alpha value is -0.0800. The van der Waals surface area contributed by atoms with Gasteiger partial charge in [-0.15, -0.1) is 0 Å². The average Bonchev–Trinajstić information content (AvgIpc) is 2.55. The Kier molecular flexibility index (Phi) is 4.20. The highest BCUT2D eigenvalue weighted by Crippen LogP contribution is 2.36. The maximum absolute atomic E-state index is 6.19. The minimum Gasteiger partial charge on any atom is -0.374 e. The first-order valence-electron chi connectivity index (χ1n) is 5.64. The van der Waals surface area contributed by atoms with Crippen molar-refractivity contribution in [3.63, 3.8) is 0 Å². The van der Waals surface area contributed by atoms with Crippen molar-refractivity contribution in [1.82, 2.24) is 0 Å². The van der Waals surface area contributed by atoms with Gasteiger partial charge in [-0.2, -0.15) is 0 Å². The van der Waals surface area contributed by atoms with E-state index in [1.54, 1.807) is 0 Å². The molecule has 1 atom stereocenters. The van der Waals surface area contributed by atoms with Crippen molar-refractivity contribution in [2.45, 2.75) is 64.0 Å². The first-order valence-corrected chi connectivity index (χ1v) is 5.64. The summed E-state index contributed by atoms with van der Waals surface area (Å²) >= 11 is 0. The Labute approximate surface area is 81.8 Å². The largest absolute Gasteiger partial charge is 0.374 e. The summed E-state index contributed by atoms with van der Waals surface area (Å²) in [5.41, 5.74) is 6.22. The molecule has 0 radical (unpaired) electrons. The van der Waals surface area contributed by atoms with E-state index in [0.29, 0.717) is 0 Å². The number of rotatable bonds is 5. The van der Waals surface area contributed by atoms with Crippen LogP contribution in [0.4, 0.5) is 0 Å². The summed E-state index contributed by atoms with van der Waals surface area (Å²) in [7, 11) is 0. The van der Waals surface area contributed by atoms with Gasteiger partial charge in [-0.1, -0.05) is 26.2 Å². The summed E-state index contributed by atoms with van der Waals surface area (Å²) in [4.78, 5) is 0. The van der Waals surface area contributed by atoms with Crippen molar-refractivity contribution < 1.29 is 4.74 Å². The molecule has 0 unspecified atom stereocenters. The molecule has 2 N–H and O–H groups in total. The molecule has 0 amide bonds. The fraction of sp³-hybridized carbons (Fsp3) is 1.00. The molecule has 0 saturated heterocycles. The number of hydrogen-bond acceptors (Lipinski definition) is 2. The molecule has 13 heavy (non-hydrogen) atoms. The smallest absolute Gasteiger partial charge is 0.0832 e. The first kappa shape index (κ1) is 11.0. The van der Waals surface area contributed by atoms with E-state index in [2.05, 4.69) is 13.8 Å². The Morgan fingerprint density at radius 2 is 1.92 bits per heavy atom. The van der Waals surface area contributed by atoms with Gasteiger partial charge >= 0.3 is 0 Å². The van der Waals surface area contributed by atoms with Gasteiger partial charge in [0, 0.05) is 12.6 Å². The van der Waals surface area contributed by atoms with Crippen LogP contribution in [0.15, 0.2) is 0 Å². The van der Waals surface area contributed by atoms with Gasteiger partial charge in [0.25, 0.3) is 0 Å². The van der Waals surface area contributed by atoms with Crippen LogP contribution in [0.2, 0.25) is 0 Å². The van der Waals surface area contributed by atoms with Crippen molar-refractivity contribution >= 4 is 0 Å². The zero-order chi connectivity index (χ0) is 9.73. The Bertz CT molecular complexity index is 141. The lowest BCUT2D eigenvalue weighted by Gasteiger charge is -2.35. The lowest BCUT2D eigenvalue weighted by Crippen LogP contribution is -2.48. The molecule has 1 rings (SSSR count). The third kappa shape index (κ3) is 2.44. The second kappa shape index (κ2) is 4.97. The second-order valence-electron chi connectivity index (χ2n) is 4.10. The van der Waals surface area contributed by atoms with Gasteiger partial charge in [-0.25, -0.2) is 0 Å². The molecule has 0 heterocycles. The summed E-state index contributed by atoms with van der Waals surface area (Å²) < 4.78 is 5.88. The van der Waals surface area contributed by atoms with Crippen LogP contribution in [0, 0.1) is 0 Å². The molecule has 1 aliphatic carbocycles. The Morgan fingerprint density at radius 3 is 2.38 bits per heavy atom. The second-order valence-corrected chi connectivity index (χ2v) is 4.10. The van der Waals surface area contributed by atoms with Crippen LogP contribution >= 0.6 is 0 Å². The van der Waals surface area contributed by atoms with E-state index in [9.17, 15) is 0 Å². The molecular formula is C11H23NO. The summed E-state index contributed by atoms with van der Waals surface area (Å²) in [6, 6.07) is 0.250. The first-order chi connectivity index (χ1) is 6.25. The van der Waals surface area contributed by atoms with Gasteiger partial charge < -0.3 is 10.5 Å². The van der Waals surface area contributed by atoms with Gasteiger partial charge in [-0.05, 0) is 26.2 Å². The summed E-state index contributed by atoms with van der Waals surface area (Å²) in [5.74, 6) is 0. The van der Waals surface area contributed by atoms with Crippen LogP contribution in [0.25, 0.3) is 0 Å². The van der Waals surface area contributed by atoms with E-state index >= 15 is 0 Å². The highest BCUT2D eigenvalue weighted by Gasteiger charge is 2.39. The molecule has 0 aromatic rings. The molecule has 0 spiro atoms. The molecule has 1 aliphatic rings. The summed E-state index contributed by atoms with van der Waals surface area (Å²) in [5, 5.41) is 0. The van der Waals surface area contributed by atoms with Crippen molar-refractivity contribution in [2.75, 3.05) is 6.61 Å². The molecule has 0 aliphatic heterocycles. The van der Waals surface area contributed by atoms with E-state index in [4.69, 9.17) is 10.5 Å². The molecule has 0 aromatic carbocycles. The van der Waals surface area contributed by atoms with Crippen molar-refractivity contribution in [3.05, 3.63) is 0 Å². The number of hydrogen-bond donors (Lipinski definition) is 1. The fourth-order valence-corrected chi connectivity index (χ4v) is 2.46. The zero-order valence-corrected chi connectivity index (χ0v) is 9.01. The number of ether oxygens (including phenoxy) is 1. The van der Waals surface area contributed by atoms with Gasteiger partial charge in [0.1, 0.15) is 0 Å². The predicted molar refractivity (Wildman–Crippen MR) is 55.7 cm³/mol. The van der Waals surface area contributed by atoms with E-state index in [0.717, 1.165) is 19.4 Å². The van der Waals surface area contributed by atoms with Gasteiger partial charge in [0.15, 0.2) is 0 Å². The third-order valence-electron chi connectivity index (χ3n) is 3.16. The molecule has 78 valence electrons. The maximum atomic E-state index is 6.19.